The van der Waals surface area contributed by atoms with Crippen LogP contribution in [0.5, 0.6) is 5.75 Å². The van der Waals surface area contributed by atoms with Crippen LogP contribution in [0.25, 0.3) is 0 Å². The van der Waals surface area contributed by atoms with Crippen LogP contribution in [-0.4, -0.2) is 32.2 Å². The van der Waals surface area contributed by atoms with Gasteiger partial charge in [-0.05, 0) is 38.0 Å². The van der Waals surface area contributed by atoms with E-state index in [0.29, 0.717) is 14.3 Å². The molecule has 0 amide bonds. The van der Waals surface area contributed by atoms with Crippen molar-refractivity contribution in [1.29, 1.82) is 0 Å². The summed E-state index contributed by atoms with van der Waals surface area (Å²) in [5, 5.41) is 14.1. The van der Waals surface area contributed by atoms with Gasteiger partial charge in [0, 0.05) is 11.8 Å². The van der Waals surface area contributed by atoms with Crippen molar-refractivity contribution in [2.45, 2.75) is 33.1 Å². The quantitative estimate of drug-likeness (QED) is 0.527. The van der Waals surface area contributed by atoms with E-state index in [4.69, 9.17) is 18.6 Å². The van der Waals surface area contributed by atoms with E-state index in [0.717, 1.165) is 11.8 Å². The summed E-state index contributed by atoms with van der Waals surface area (Å²) in [6, 6.07) is 12.8. The molecule has 0 saturated carbocycles. The Balaban J connectivity index is 0.00000105. The normalized spacial score (nSPS) is 11.6. The second-order valence-electron chi connectivity index (χ2n) is 7.58. The summed E-state index contributed by atoms with van der Waals surface area (Å²) in [6.45, 7) is 10.1. The Morgan fingerprint density at radius 2 is 1.65 bits per heavy atom. The molecule has 2 aromatic rings. The van der Waals surface area contributed by atoms with Crippen LogP contribution in [0.2, 0.25) is 19.6 Å². The third-order valence-corrected chi connectivity index (χ3v) is 7.35. The Morgan fingerprint density at radius 3 is 2.19 bits per heavy atom. The van der Waals surface area contributed by atoms with Crippen molar-refractivity contribution in [2.24, 2.45) is 0 Å². The van der Waals surface area contributed by atoms with Crippen molar-refractivity contribution in [3.05, 3.63) is 47.5 Å². The van der Waals surface area contributed by atoms with Gasteiger partial charge in [0.25, 0.3) is 0 Å². The molecule has 0 aliphatic heterocycles. The zero-order chi connectivity index (χ0) is 19.9. The number of halogens is 2. The van der Waals surface area contributed by atoms with Crippen LogP contribution in [-0.2, 0) is 23.6 Å². The Kier molecular flexibility index (Phi) is 10.4. The molecule has 7 heteroatoms. The molecule has 0 fully saturated rings. The number of hydrogen-bond acceptors (Lipinski definition) is 2. The molecule has 0 spiro atoms. The van der Waals surface area contributed by atoms with Crippen molar-refractivity contribution in [3.8, 4) is 5.75 Å². The SMILES string of the molecule is Cc1ccc(Pc2cc([Si](C)(C)C)ccc2O)c(CN(C)C)c1.[Cl][Ti][Cl]. The average molecular weight is 464 g/mol. The first-order chi connectivity index (χ1) is 12.1. The maximum absolute atomic E-state index is 10.3. The molecule has 1 unspecified atom stereocenters. The standard InChI is InChI=1S/C19H28NOPSi.2ClH.Ti/c1-14-7-10-18(15(11-14)13-20(2)3)22-19-12-16(23(4,5)6)8-9-17(19)21;;;/h7-12,21-22H,13H2,1-6H3;2*1H;/q;;;+2/p-2. The van der Waals surface area contributed by atoms with Crippen molar-refractivity contribution >= 4 is 51.1 Å². The Labute approximate surface area is 177 Å². The molecule has 0 aromatic heterocycles. The third kappa shape index (κ3) is 8.02. The van der Waals surface area contributed by atoms with Gasteiger partial charge >= 0.3 is 35.6 Å². The Hall–Kier alpha value is 0.141. The van der Waals surface area contributed by atoms with Gasteiger partial charge in [0.05, 0.1) is 8.07 Å². The summed E-state index contributed by atoms with van der Waals surface area (Å²) < 4.78 is 0. The summed E-state index contributed by atoms with van der Waals surface area (Å²) in [5.74, 6) is 0.418. The van der Waals surface area contributed by atoms with E-state index in [-0.39, 0.29) is 0 Å². The predicted octanol–water partition coefficient (Wildman–Crippen LogP) is 4.31. The number of aryl methyl sites for hydroxylation is 1. The fourth-order valence-electron chi connectivity index (χ4n) is 2.56. The van der Waals surface area contributed by atoms with E-state index in [1.807, 2.05) is 6.07 Å². The number of benzene rings is 2. The average Bonchev–Trinajstić information content (AvgIpc) is 2.51. The zero-order valence-electron chi connectivity index (χ0n) is 16.3. The molecule has 2 rings (SSSR count). The number of rotatable bonds is 5. The number of phenols is 1. The van der Waals surface area contributed by atoms with Crippen molar-refractivity contribution in [3.63, 3.8) is 0 Å². The first-order valence-electron chi connectivity index (χ1n) is 8.39. The minimum absolute atomic E-state index is 0.418. The molecule has 2 nitrogen and oxygen atoms in total. The van der Waals surface area contributed by atoms with Gasteiger partial charge in [-0.25, -0.2) is 0 Å². The van der Waals surface area contributed by atoms with Crippen LogP contribution in [0.4, 0.5) is 0 Å². The molecule has 26 heavy (non-hydrogen) atoms. The second kappa shape index (κ2) is 11.2. The Bertz CT molecular complexity index is 723. The molecule has 1 atom stereocenters. The summed E-state index contributed by atoms with van der Waals surface area (Å²) in [7, 11) is 13.1. The van der Waals surface area contributed by atoms with Gasteiger partial charge in [0.1, 0.15) is 5.75 Å². The summed E-state index contributed by atoms with van der Waals surface area (Å²) in [4.78, 5) is 2.20. The van der Waals surface area contributed by atoms with E-state index < -0.39 is 25.1 Å². The van der Waals surface area contributed by atoms with Gasteiger partial charge in [-0.15, -0.1) is 0 Å². The molecular weight excluding hydrogens is 436 g/mol. The molecular formula is C19H28Cl2NOPSiTi. The number of hydrogen-bond donors (Lipinski definition) is 1. The van der Waals surface area contributed by atoms with Crippen molar-refractivity contribution in [1.82, 2.24) is 4.90 Å². The zero-order valence-corrected chi connectivity index (χ0v) is 21.4. The van der Waals surface area contributed by atoms with Crippen LogP contribution < -0.4 is 15.8 Å². The van der Waals surface area contributed by atoms with Gasteiger partial charge in [-0.1, -0.05) is 69.3 Å². The van der Waals surface area contributed by atoms with E-state index in [9.17, 15) is 5.11 Å². The minimum atomic E-state index is -1.37. The van der Waals surface area contributed by atoms with Crippen LogP contribution in [0.1, 0.15) is 11.1 Å². The monoisotopic (exact) mass is 463 g/mol. The van der Waals surface area contributed by atoms with E-state index in [1.54, 1.807) is 0 Å². The first kappa shape index (κ1) is 24.2. The Morgan fingerprint density at radius 1 is 1.04 bits per heavy atom. The maximum atomic E-state index is 10.3. The van der Waals surface area contributed by atoms with Crippen LogP contribution in [0.15, 0.2) is 36.4 Å². The van der Waals surface area contributed by atoms with Gasteiger partial charge in [-0.2, -0.15) is 0 Å². The number of nitrogens with zero attached hydrogens (tertiary/aromatic N) is 1. The molecule has 0 aliphatic rings. The predicted molar refractivity (Wildman–Crippen MR) is 119 cm³/mol. The molecule has 2 aromatic carbocycles. The molecule has 1 N–H and O–H groups in total. The van der Waals surface area contributed by atoms with E-state index >= 15 is 0 Å². The molecule has 0 radical (unpaired) electrons. The summed E-state index contributed by atoms with van der Waals surface area (Å²) in [6.07, 6.45) is 0. The summed E-state index contributed by atoms with van der Waals surface area (Å²) >= 11 is -0.556. The van der Waals surface area contributed by atoms with Crippen LogP contribution in [0.3, 0.4) is 0 Å². The third-order valence-electron chi connectivity index (χ3n) is 3.88. The number of phenolic OH excluding ortho intramolecular Hbond substituents is 1. The molecule has 142 valence electrons. The second-order valence-corrected chi connectivity index (χ2v) is 16.6. The fourth-order valence-corrected chi connectivity index (χ4v) is 5.08. The van der Waals surface area contributed by atoms with Crippen molar-refractivity contribution < 1.29 is 22.1 Å². The van der Waals surface area contributed by atoms with Gasteiger partial charge in [0.2, 0.25) is 0 Å². The van der Waals surface area contributed by atoms with Crippen LogP contribution in [0, 0.1) is 6.92 Å². The van der Waals surface area contributed by atoms with Crippen molar-refractivity contribution in [2.75, 3.05) is 14.1 Å². The fraction of sp³-hybridized carbons (Fsp3) is 0.368. The molecule has 0 saturated heterocycles. The number of aromatic hydroxyl groups is 1. The van der Waals surface area contributed by atoms with E-state index in [1.165, 1.54) is 21.6 Å². The van der Waals surface area contributed by atoms with Gasteiger partial charge in [-0.3, -0.25) is 0 Å². The summed E-state index contributed by atoms with van der Waals surface area (Å²) in [5.41, 5.74) is 2.64. The topological polar surface area (TPSA) is 23.5 Å². The first-order valence-corrected chi connectivity index (χ1v) is 17.2. The van der Waals surface area contributed by atoms with Crippen LogP contribution >= 0.6 is 27.2 Å². The van der Waals surface area contributed by atoms with Gasteiger partial charge in [0.15, 0.2) is 0 Å². The molecule has 0 aliphatic carbocycles. The van der Waals surface area contributed by atoms with Gasteiger partial charge < -0.3 is 10.0 Å². The molecule has 0 heterocycles. The molecule has 0 bridgehead atoms. The van der Waals surface area contributed by atoms with E-state index in [2.05, 4.69) is 75.9 Å².